The fourth-order valence-corrected chi connectivity index (χ4v) is 6.11. The molecule has 0 amide bonds. The van der Waals surface area contributed by atoms with Crippen molar-refractivity contribution >= 4 is 34.8 Å². The van der Waals surface area contributed by atoms with E-state index in [1.807, 2.05) is 6.07 Å². The van der Waals surface area contributed by atoms with Crippen molar-refractivity contribution in [1.29, 1.82) is 0 Å². The molecule has 39 heavy (non-hydrogen) atoms. The van der Waals surface area contributed by atoms with Gasteiger partial charge in [0.15, 0.2) is 4.80 Å². The SMILES string of the molecule is CCOC(=O)C1=C(C)N=c2s/c(=C/c3cc([N+](=O)[O-])ccc3N3CCCC3)c(=O)n2[C@@H]1c1cccc(OC)c1. The third-order valence-corrected chi connectivity index (χ3v) is 7.86. The van der Waals surface area contributed by atoms with Crippen LogP contribution in [0.15, 0.2) is 63.5 Å². The summed E-state index contributed by atoms with van der Waals surface area (Å²) in [5.74, 6) is 0.0372. The van der Waals surface area contributed by atoms with E-state index in [2.05, 4.69) is 9.89 Å². The fourth-order valence-electron chi connectivity index (χ4n) is 5.08. The number of allylic oxidation sites excluding steroid dienone is 1. The predicted molar refractivity (Wildman–Crippen MR) is 148 cm³/mol. The number of non-ortho nitro benzene ring substituents is 1. The van der Waals surface area contributed by atoms with Crippen LogP contribution in [-0.4, -0.2) is 42.3 Å². The van der Waals surface area contributed by atoms with E-state index in [4.69, 9.17) is 9.47 Å². The third-order valence-electron chi connectivity index (χ3n) is 6.88. The molecule has 0 aliphatic carbocycles. The molecule has 0 spiro atoms. The Morgan fingerprint density at radius 1 is 1.23 bits per heavy atom. The number of hydrogen-bond acceptors (Lipinski definition) is 9. The number of rotatable bonds is 7. The van der Waals surface area contributed by atoms with Crippen molar-refractivity contribution < 1.29 is 19.2 Å². The second kappa shape index (κ2) is 10.9. The van der Waals surface area contributed by atoms with Gasteiger partial charge in [-0.1, -0.05) is 23.5 Å². The smallest absolute Gasteiger partial charge is 0.338 e. The Balaban J connectivity index is 1.73. The number of anilines is 1. The van der Waals surface area contributed by atoms with Crippen molar-refractivity contribution in [3.8, 4) is 5.75 Å². The summed E-state index contributed by atoms with van der Waals surface area (Å²) in [5, 5.41) is 11.5. The number of fused-ring (bicyclic) bond motifs is 1. The molecule has 10 nitrogen and oxygen atoms in total. The first-order chi connectivity index (χ1) is 18.8. The van der Waals surface area contributed by atoms with E-state index in [9.17, 15) is 19.7 Å². The summed E-state index contributed by atoms with van der Waals surface area (Å²) in [5.41, 5.74) is 2.45. The maximum Gasteiger partial charge on any atom is 0.338 e. The Labute approximate surface area is 228 Å². The maximum atomic E-state index is 14.0. The van der Waals surface area contributed by atoms with E-state index >= 15 is 0 Å². The van der Waals surface area contributed by atoms with Crippen LogP contribution in [0, 0.1) is 10.1 Å². The van der Waals surface area contributed by atoms with Crippen LogP contribution in [0.3, 0.4) is 0 Å². The molecule has 202 valence electrons. The quantitative estimate of drug-likeness (QED) is 0.253. The first-order valence-corrected chi connectivity index (χ1v) is 13.5. The topological polar surface area (TPSA) is 116 Å². The summed E-state index contributed by atoms with van der Waals surface area (Å²) in [6, 6.07) is 11.2. The average Bonchev–Trinajstić information content (AvgIpc) is 3.56. The van der Waals surface area contributed by atoms with Crippen LogP contribution >= 0.6 is 11.3 Å². The number of carbonyl (C=O) groups excluding carboxylic acids is 1. The molecule has 3 aromatic rings. The molecule has 1 aromatic heterocycles. The standard InChI is InChI=1S/C28H28N4O6S/c1-4-38-27(34)24-17(2)29-28-31(25(24)18-8-7-9-21(15-18)37-3)26(33)23(39-28)16-19-14-20(32(35)36)10-11-22(19)30-12-5-6-13-30/h7-11,14-16,25H,4-6,12-13H2,1-3H3/b23-16+/t25-/m1/s1. The summed E-state index contributed by atoms with van der Waals surface area (Å²) in [6.45, 7) is 5.32. The molecule has 2 aliphatic rings. The van der Waals surface area contributed by atoms with Gasteiger partial charge in [-0.15, -0.1) is 0 Å². The van der Waals surface area contributed by atoms with Gasteiger partial charge < -0.3 is 14.4 Å². The Morgan fingerprint density at radius 2 is 2.00 bits per heavy atom. The molecule has 2 aromatic carbocycles. The summed E-state index contributed by atoms with van der Waals surface area (Å²) in [4.78, 5) is 45.4. The third kappa shape index (κ3) is 4.97. The highest BCUT2D eigenvalue weighted by atomic mass is 32.1. The van der Waals surface area contributed by atoms with Crippen LogP contribution in [0.1, 0.15) is 43.9 Å². The zero-order valence-corrected chi connectivity index (χ0v) is 22.7. The summed E-state index contributed by atoms with van der Waals surface area (Å²) in [7, 11) is 1.55. The summed E-state index contributed by atoms with van der Waals surface area (Å²) in [6.07, 6.45) is 3.76. The maximum absolute atomic E-state index is 14.0. The second-order valence-electron chi connectivity index (χ2n) is 9.27. The highest BCUT2D eigenvalue weighted by molar-refractivity contribution is 7.07. The number of nitrogens with zero attached hydrogens (tertiary/aromatic N) is 4. The van der Waals surface area contributed by atoms with Crippen molar-refractivity contribution in [3.63, 3.8) is 0 Å². The summed E-state index contributed by atoms with van der Waals surface area (Å²) >= 11 is 1.18. The van der Waals surface area contributed by atoms with Crippen molar-refractivity contribution in [2.45, 2.75) is 32.7 Å². The van der Waals surface area contributed by atoms with E-state index in [1.165, 1.54) is 28.0 Å². The van der Waals surface area contributed by atoms with Gasteiger partial charge >= 0.3 is 5.97 Å². The van der Waals surface area contributed by atoms with E-state index < -0.39 is 16.9 Å². The number of thiazole rings is 1. The van der Waals surface area contributed by atoms with Gasteiger partial charge in [0, 0.05) is 36.5 Å². The van der Waals surface area contributed by atoms with Crippen LogP contribution in [0.25, 0.3) is 6.08 Å². The van der Waals surface area contributed by atoms with Crippen molar-refractivity contribution in [2.75, 3.05) is 31.7 Å². The molecular formula is C28H28N4O6S. The fraction of sp³-hybridized carbons (Fsp3) is 0.321. The van der Waals surface area contributed by atoms with E-state index in [1.54, 1.807) is 51.3 Å². The molecule has 0 bridgehead atoms. The van der Waals surface area contributed by atoms with Crippen molar-refractivity contribution in [1.82, 2.24) is 4.57 Å². The number of carbonyl (C=O) groups is 1. The minimum absolute atomic E-state index is 0.0494. The number of esters is 1. The van der Waals surface area contributed by atoms with E-state index in [0.717, 1.165) is 31.6 Å². The molecule has 0 radical (unpaired) electrons. The second-order valence-corrected chi connectivity index (χ2v) is 10.3. The first kappa shape index (κ1) is 26.4. The van der Waals surface area contributed by atoms with Crippen LogP contribution in [-0.2, 0) is 9.53 Å². The molecule has 0 unspecified atom stereocenters. The predicted octanol–water partition coefficient (Wildman–Crippen LogP) is 3.32. The van der Waals surface area contributed by atoms with Gasteiger partial charge in [-0.05, 0) is 56.5 Å². The summed E-state index contributed by atoms with van der Waals surface area (Å²) < 4.78 is 12.6. The van der Waals surface area contributed by atoms with Crippen LogP contribution in [0.4, 0.5) is 11.4 Å². The minimum atomic E-state index is -0.777. The van der Waals surface area contributed by atoms with Crippen LogP contribution < -0.4 is 24.5 Å². The zero-order chi connectivity index (χ0) is 27.7. The Morgan fingerprint density at radius 3 is 2.69 bits per heavy atom. The molecular weight excluding hydrogens is 520 g/mol. The van der Waals surface area contributed by atoms with Crippen LogP contribution in [0.2, 0.25) is 0 Å². The zero-order valence-electron chi connectivity index (χ0n) is 21.9. The molecule has 5 rings (SSSR count). The lowest BCUT2D eigenvalue weighted by atomic mass is 9.95. The average molecular weight is 549 g/mol. The molecule has 1 atom stereocenters. The number of hydrogen-bond donors (Lipinski definition) is 0. The molecule has 0 saturated carbocycles. The van der Waals surface area contributed by atoms with Gasteiger partial charge in [0.05, 0.1) is 40.5 Å². The normalized spacial score (nSPS) is 17.2. The number of nitro benzene ring substituents is 1. The molecule has 0 N–H and O–H groups in total. The van der Waals surface area contributed by atoms with Gasteiger partial charge in [-0.2, -0.15) is 0 Å². The first-order valence-electron chi connectivity index (χ1n) is 12.7. The van der Waals surface area contributed by atoms with Gasteiger partial charge in [-0.25, -0.2) is 9.79 Å². The Bertz CT molecular complexity index is 1670. The largest absolute Gasteiger partial charge is 0.497 e. The lowest BCUT2D eigenvalue weighted by Crippen LogP contribution is -2.40. The van der Waals surface area contributed by atoms with Crippen molar-refractivity contribution in [3.05, 3.63) is 94.7 Å². The molecule has 11 heteroatoms. The van der Waals surface area contributed by atoms with Gasteiger partial charge in [0.1, 0.15) is 5.75 Å². The Hall–Kier alpha value is -4.25. The number of aromatic nitrogens is 1. The Kier molecular flexibility index (Phi) is 7.34. The minimum Gasteiger partial charge on any atom is -0.497 e. The van der Waals surface area contributed by atoms with Gasteiger partial charge in [0.25, 0.3) is 11.2 Å². The molecule has 2 aliphatic heterocycles. The monoisotopic (exact) mass is 548 g/mol. The van der Waals surface area contributed by atoms with Crippen LogP contribution in [0.5, 0.6) is 5.75 Å². The van der Waals surface area contributed by atoms with Gasteiger partial charge in [-0.3, -0.25) is 19.5 Å². The molecule has 1 fully saturated rings. The number of nitro groups is 1. The van der Waals surface area contributed by atoms with Crippen molar-refractivity contribution in [2.24, 2.45) is 4.99 Å². The van der Waals surface area contributed by atoms with Gasteiger partial charge in [0.2, 0.25) is 0 Å². The van der Waals surface area contributed by atoms with E-state index in [-0.39, 0.29) is 23.4 Å². The van der Waals surface area contributed by atoms with E-state index in [0.29, 0.717) is 31.9 Å². The lowest BCUT2D eigenvalue weighted by molar-refractivity contribution is -0.384. The number of methoxy groups -OCH3 is 1. The highest BCUT2D eigenvalue weighted by Gasteiger charge is 2.33. The molecule has 3 heterocycles. The lowest BCUT2D eigenvalue weighted by Gasteiger charge is -2.25. The highest BCUT2D eigenvalue weighted by Crippen LogP contribution is 2.33. The molecule has 1 saturated heterocycles. The number of benzene rings is 2. The number of ether oxygens (including phenoxy) is 2.